The molecule has 0 aromatic heterocycles. The van der Waals surface area contributed by atoms with Crippen LogP contribution in [0.25, 0.3) is 0 Å². The molecule has 0 aliphatic rings. The second-order valence-electron chi connectivity index (χ2n) is 3.82. The molecule has 0 aliphatic heterocycles. The minimum Gasteiger partial charge on any atom is -0.748 e. The first kappa shape index (κ1) is 19.6. The zero-order valence-corrected chi connectivity index (χ0v) is 11.9. The molecule has 0 aromatic carbocycles. The van der Waals surface area contributed by atoms with Crippen LogP contribution in [0.5, 0.6) is 0 Å². The summed E-state index contributed by atoms with van der Waals surface area (Å²) in [6.07, 6.45) is 6.17. The Kier molecular flexibility index (Phi) is 13.9. The van der Waals surface area contributed by atoms with Crippen molar-refractivity contribution in [2.24, 2.45) is 0 Å². The molecule has 0 bridgehead atoms. The van der Waals surface area contributed by atoms with E-state index in [1.165, 1.54) is 0 Å². The van der Waals surface area contributed by atoms with Crippen molar-refractivity contribution in [2.75, 3.05) is 18.9 Å². The second-order valence-corrected chi connectivity index (χ2v) is 5.34. The third-order valence-electron chi connectivity index (χ3n) is 2.02. The predicted octanol–water partition coefficient (Wildman–Crippen LogP) is 0.00450. The first-order chi connectivity index (χ1) is 8.41. The summed E-state index contributed by atoms with van der Waals surface area (Å²) in [6.45, 7) is 10.0. The molecule has 0 radical (unpaired) electrons. The number of aliphatic hydroxyl groups is 1. The average Bonchev–Trinajstić information content (AvgIpc) is 2.26. The van der Waals surface area contributed by atoms with Gasteiger partial charge in [-0.2, -0.15) is 0 Å². The molecule has 108 valence electrons. The van der Waals surface area contributed by atoms with Gasteiger partial charge in [0.1, 0.15) is 0 Å². The van der Waals surface area contributed by atoms with Crippen LogP contribution in [0.1, 0.15) is 26.2 Å². The lowest BCUT2D eigenvalue weighted by molar-refractivity contribution is -0.689. The third kappa shape index (κ3) is 17.7. The summed E-state index contributed by atoms with van der Waals surface area (Å²) in [5.41, 5.74) is 0. The maximum atomic E-state index is 9.68. The third-order valence-corrected chi connectivity index (χ3v) is 2.93. The highest BCUT2D eigenvalue weighted by Crippen LogP contribution is 1.93. The molecule has 0 amide bonds. The smallest absolute Gasteiger partial charge is 0.0992 e. The number of hydrogen-bond acceptors (Lipinski definition) is 4. The highest BCUT2D eigenvalue weighted by atomic mass is 32.2. The fraction of sp³-hybridized carbons (Fsp3) is 0.667. The summed E-state index contributed by atoms with van der Waals surface area (Å²) in [6, 6.07) is 0.511. The Balaban J connectivity index is 0. The SMILES string of the molecule is C=CCC(CC=C)[NH2+]CCO.CCCS(=O)(=O)[O-]. The van der Waals surface area contributed by atoms with E-state index in [0.29, 0.717) is 12.5 Å². The number of aliphatic hydroxyl groups excluding tert-OH is 1. The summed E-state index contributed by atoms with van der Waals surface area (Å²) in [7, 11) is -3.92. The van der Waals surface area contributed by atoms with E-state index < -0.39 is 10.1 Å². The average molecular weight is 279 g/mol. The van der Waals surface area contributed by atoms with Gasteiger partial charge in [0, 0.05) is 18.6 Å². The summed E-state index contributed by atoms with van der Waals surface area (Å²) >= 11 is 0. The quantitative estimate of drug-likeness (QED) is 0.459. The topological polar surface area (TPSA) is 94.0 Å². The molecular weight excluding hydrogens is 254 g/mol. The summed E-state index contributed by atoms with van der Waals surface area (Å²) in [5, 5.41) is 10.7. The Bertz CT molecular complexity index is 291. The maximum absolute atomic E-state index is 9.68. The summed E-state index contributed by atoms with van der Waals surface area (Å²) in [5.74, 6) is -0.243. The molecule has 0 saturated carbocycles. The Morgan fingerprint density at radius 1 is 1.33 bits per heavy atom. The van der Waals surface area contributed by atoms with Crippen molar-refractivity contribution in [2.45, 2.75) is 32.2 Å². The maximum Gasteiger partial charge on any atom is 0.0992 e. The number of rotatable bonds is 9. The molecule has 0 saturated heterocycles. The Morgan fingerprint density at radius 3 is 2.06 bits per heavy atom. The van der Waals surface area contributed by atoms with Crippen LogP contribution in [-0.4, -0.2) is 43.0 Å². The number of quaternary nitrogens is 1. The van der Waals surface area contributed by atoms with E-state index in [-0.39, 0.29) is 12.4 Å². The number of nitrogens with two attached hydrogens (primary N) is 1. The van der Waals surface area contributed by atoms with Crippen molar-refractivity contribution in [1.82, 2.24) is 0 Å². The van der Waals surface area contributed by atoms with E-state index in [4.69, 9.17) is 5.11 Å². The molecule has 0 spiro atoms. The van der Waals surface area contributed by atoms with E-state index in [9.17, 15) is 13.0 Å². The fourth-order valence-corrected chi connectivity index (χ4v) is 1.78. The lowest BCUT2D eigenvalue weighted by atomic mass is 10.1. The van der Waals surface area contributed by atoms with Gasteiger partial charge in [0.05, 0.1) is 29.3 Å². The van der Waals surface area contributed by atoms with E-state index in [1.807, 2.05) is 12.2 Å². The van der Waals surface area contributed by atoms with Gasteiger partial charge in [-0.3, -0.25) is 0 Å². The fourth-order valence-electron chi connectivity index (χ4n) is 1.28. The van der Waals surface area contributed by atoms with E-state index in [0.717, 1.165) is 19.4 Å². The van der Waals surface area contributed by atoms with Crippen molar-refractivity contribution < 1.29 is 23.4 Å². The molecule has 0 fully saturated rings. The van der Waals surface area contributed by atoms with Crippen molar-refractivity contribution in [3.8, 4) is 0 Å². The molecular formula is C12H25NO4S. The van der Waals surface area contributed by atoms with Crippen LogP contribution in [-0.2, 0) is 10.1 Å². The van der Waals surface area contributed by atoms with E-state index in [1.54, 1.807) is 6.92 Å². The van der Waals surface area contributed by atoms with Crippen molar-refractivity contribution in [3.05, 3.63) is 25.3 Å². The van der Waals surface area contributed by atoms with Gasteiger partial charge in [0.15, 0.2) is 0 Å². The second kappa shape index (κ2) is 12.8. The first-order valence-electron chi connectivity index (χ1n) is 6.00. The van der Waals surface area contributed by atoms with Crippen LogP contribution in [0.4, 0.5) is 0 Å². The van der Waals surface area contributed by atoms with Crippen LogP contribution in [0.15, 0.2) is 25.3 Å². The molecule has 0 aliphatic carbocycles. The lowest BCUT2D eigenvalue weighted by Gasteiger charge is -2.09. The molecule has 0 atom stereocenters. The standard InChI is InChI=1S/C9H17NO.C3H8O3S/c1-3-5-9(6-4-2)10-7-8-11;1-2-3-7(4,5)6/h3-4,9-11H,1-2,5-8H2;2-3H2,1H3,(H,4,5,6). The largest absolute Gasteiger partial charge is 0.748 e. The molecule has 5 nitrogen and oxygen atoms in total. The van der Waals surface area contributed by atoms with Crippen molar-refractivity contribution in [1.29, 1.82) is 0 Å². The molecule has 0 aromatic rings. The number of hydrogen-bond donors (Lipinski definition) is 2. The van der Waals surface area contributed by atoms with Gasteiger partial charge in [-0.25, -0.2) is 8.42 Å². The van der Waals surface area contributed by atoms with Gasteiger partial charge in [-0.05, 0) is 6.42 Å². The minimum absolute atomic E-state index is 0.241. The Morgan fingerprint density at radius 2 is 1.83 bits per heavy atom. The zero-order valence-electron chi connectivity index (χ0n) is 11.0. The van der Waals surface area contributed by atoms with Crippen LogP contribution in [0.3, 0.4) is 0 Å². The Hall–Kier alpha value is -0.690. The van der Waals surface area contributed by atoms with Crippen LogP contribution in [0.2, 0.25) is 0 Å². The van der Waals surface area contributed by atoms with Gasteiger partial charge in [-0.1, -0.05) is 19.1 Å². The lowest BCUT2D eigenvalue weighted by Crippen LogP contribution is -2.90. The Labute approximate surface area is 110 Å². The van der Waals surface area contributed by atoms with Crippen molar-refractivity contribution >= 4 is 10.1 Å². The molecule has 0 heterocycles. The van der Waals surface area contributed by atoms with Gasteiger partial charge in [0.25, 0.3) is 0 Å². The highest BCUT2D eigenvalue weighted by molar-refractivity contribution is 7.85. The van der Waals surface area contributed by atoms with Crippen molar-refractivity contribution in [3.63, 3.8) is 0 Å². The van der Waals surface area contributed by atoms with Crippen LogP contribution < -0.4 is 5.32 Å². The molecule has 6 heteroatoms. The van der Waals surface area contributed by atoms with Gasteiger partial charge in [0.2, 0.25) is 0 Å². The summed E-state index contributed by atoms with van der Waals surface area (Å²) in [4.78, 5) is 0. The normalized spacial score (nSPS) is 10.7. The van der Waals surface area contributed by atoms with Crippen LogP contribution in [0, 0.1) is 0 Å². The molecule has 0 rings (SSSR count). The van der Waals surface area contributed by atoms with Gasteiger partial charge >= 0.3 is 0 Å². The highest BCUT2D eigenvalue weighted by Gasteiger charge is 2.05. The van der Waals surface area contributed by atoms with E-state index >= 15 is 0 Å². The first-order valence-corrected chi connectivity index (χ1v) is 7.58. The van der Waals surface area contributed by atoms with Gasteiger partial charge in [-0.15, -0.1) is 13.2 Å². The molecule has 0 unspecified atom stereocenters. The van der Waals surface area contributed by atoms with Gasteiger partial charge < -0.3 is 15.0 Å². The van der Waals surface area contributed by atoms with Crippen LogP contribution >= 0.6 is 0 Å². The minimum atomic E-state index is -3.92. The molecule has 3 N–H and O–H groups in total. The monoisotopic (exact) mass is 279 g/mol. The van der Waals surface area contributed by atoms with E-state index in [2.05, 4.69) is 18.5 Å². The molecule has 18 heavy (non-hydrogen) atoms. The summed E-state index contributed by atoms with van der Waals surface area (Å²) < 4.78 is 29.0. The predicted molar refractivity (Wildman–Crippen MR) is 72.1 cm³/mol. The zero-order chi connectivity index (χ0) is 14.4.